The highest BCUT2D eigenvalue weighted by Gasteiger charge is 2.53. The van der Waals surface area contributed by atoms with Crippen LogP contribution in [0.25, 0.3) is 9.69 Å². The Morgan fingerprint density at radius 1 is 0.619 bits per heavy atom. The van der Waals surface area contributed by atoms with Gasteiger partial charge in [-0.3, -0.25) is 14.5 Å². The van der Waals surface area contributed by atoms with Gasteiger partial charge in [-0.1, -0.05) is 118 Å². The van der Waals surface area contributed by atoms with Crippen molar-refractivity contribution in [1.82, 2.24) is 0 Å². The van der Waals surface area contributed by atoms with Crippen molar-refractivity contribution in [3.8, 4) is 46.0 Å². The quantitative estimate of drug-likeness (QED) is 0.0253. The molecular formula is C84H108N2O18Si. The first-order valence-electron chi connectivity index (χ1n) is 36.0. The molecule has 3 heterocycles. The van der Waals surface area contributed by atoms with Gasteiger partial charge < -0.3 is 71.5 Å². The van der Waals surface area contributed by atoms with E-state index < -0.39 is 74.4 Å². The fourth-order valence-corrected chi connectivity index (χ4v) is 14.6. The molecule has 11 atom stereocenters. The average molecular weight is 1460 g/mol. The summed E-state index contributed by atoms with van der Waals surface area (Å²) in [6, 6.07) is 33.5. The predicted octanol–water partition coefficient (Wildman–Crippen LogP) is 16.2. The molecule has 2 fully saturated rings. The second kappa shape index (κ2) is 35.6. The van der Waals surface area contributed by atoms with Gasteiger partial charge in [-0.15, -0.1) is 0 Å². The third-order valence-corrected chi connectivity index (χ3v) is 26.7. The summed E-state index contributed by atoms with van der Waals surface area (Å²) in [5.41, 5.74) is 5.95. The first-order chi connectivity index (χ1) is 49.7. The Morgan fingerprint density at radius 2 is 1.05 bits per heavy atom. The van der Waals surface area contributed by atoms with E-state index >= 15 is 0 Å². The van der Waals surface area contributed by atoms with E-state index in [1.165, 1.54) is 7.11 Å². The molecule has 9 rings (SSSR count). The molecule has 2 N–H and O–H groups in total. The van der Waals surface area contributed by atoms with Crippen molar-refractivity contribution >= 4 is 26.0 Å². The van der Waals surface area contributed by atoms with E-state index in [0.29, 0.717) is 72.0 Å². The van der Waals surface area contributed by atoms with E-state index in [4.69, 9.17) is 74.4 Å². The largest absolute Gasteiger partial charge is 0.497 e. The zero-order valence-corrected chi connectivity index (χ0v) is 65.6. The SMILES string of the molecule is [C-]#[N+][C@@H]1C[C@@H](C)C(C)(C)C(CC(O)[C@@H](C)C2Cc3c(C)c(OCc4ccc(OC)cc4)cc(OCc4ccc(OC)cc4)c3C(=O)O2)O1.[C-]#[N+][C@@H]1C[C@@H](O[Si](C)(C)C(C)(C)C)C(C)(C)C(CC(=O)[C@@H](C)C(O)Cc2c(C)c(OCc3ccc(OC)cc3)cc(OCc3ccc(OC)cc3)c2C(=O)OC)O1. The van der Waals surface area contributed by atoms with Gasteiger partial charge in [0.1, 0.15) is 95.4 Å². The lowest BCUT2D eigenvalue weighted by atomic mass is 9.69. The number of cyclic esters (lactones) is 1. The third-order valence-electron chi connectivity index (χ3n) is 22.2. The molecule has 0 amide bonds. The molecule has 0 saturated carbocycles. The van der Waals surface area contributed by atoms with Gasteiger partial charge in [0.25, 0.3) is 0 Å². The molecule has 2 saturated heterocycles. The number of esters is 2. The fraction of sp³-hybridized carbons (Fsp3) is 0.512. The van der Waals surface area contributed by atoms with Gasteiger partial charge in [-0.25, -0.2) is 22.7 Å². The molecule has 0 bridgehead atoms. The number of ether oxygens (including phenoxy) is 12. The second-order valence-corrected chi connectivity index (χ2v) is 35.3. The molecule has 3 aliphatic rings. The Labute approximate surface area is 621 Å². The standard InChI is InChI=1S/C45H61NO10Si.C39H47NO8/c1-28-34(22-35(47)29(2)36(48)23-39-45(6,7)40(25-41(46-8)55-39)56-57(12,13)44(3,4)5)42(43(49)52-11)38(54-27-31-16-20-33(51-10)21-17-31)24-37(28)53-26-30-14-18-32(50-9)19-15-30;1-23-17-36(40-6)48-35(39(23,4)5)19-31(41)25(3)33-18-30-24(2)32(45-21-26-9-13-28(43-7)14-10-26)20-34(37(30)38(42)47-33)46-22-27-11-15-29(44-8)16-12-27/h14-21,24,29,35,39-41,47H,22-23,25-27H2,1-7,9-13H3;9-16,20,23,25,31,33,35-36,41H,17-19,21-22H2,1-5,7-8H3/t29-,35?,39?,40+,41-;23-,25-,31?,33?,35?,36+/m01/s1. The Bertz CT molecular complexity index is 4010. The van der Waals surface area contributed by atoms with E-state index in [0.717, 1.165) is 50.6 Å². The minimum Gasteiger partial charge on any atom is -0.497 e. The maximum Gasteiger partial charge on any atom is 0.342 e. The van der Waals surface area contributed by atoms with Crippen LogP contribution in [0.15, 0.2) is 109 Å². The van der Waals surface area contributed by atoms with Crippen LogP contribution in [0.3, 0.4) is 0 Å². The minimum absolute atomic E-state index is 0.0152. The van der Waals surface area contributed by atoms with E-state index in [1.54, 1.807) is 47.5 Å². The van der Waals surface area contributed by atoms with Crippen molar-refractivity contribution in [2.24, 2.45) is 28.6 Å². The summed E-state index contributed by atoms with van der Waals surface area (Å²) < 4.78 is 76.9. The average Bonchev–Trinajstić information content (AvgIpc) is 0.775. The van der Waals surface area contributed by atoms with Crippen LogP contribution in [0.5, 0.6) is 46.0 Å². The lowest BCUT2D eigenvalue weighted by molar-refractivity contribution is -0.165. The van der Waals surface area contributed by atoms with Crippen LogP contribution < -0.4 is 37.9 Å². The van der Waals surface area contributed by atoms with E-state index in [9.17, 15) is 24.6 Å². The highest BCUT2D eigenvalue weighted by molar-refractivity contribution is 6.74. The number of hydrogen-bond acceptors (Lipinski definition) is 18. The Hall–Kier alpha value is -8.67. The smallest absolute Gasteiger partial charge is 0.342 e. The number of carbonyl (C=O) groups excluding carboxylic acids is 3. The highest BCUT2D eigenvalue weighted by Crippen LogP contribution is 2.48. The molecule has 0 aromatic heterocycles. The number of hydrogen-bond donors (Lipinski definition) is 2. The van der Waals surface area contributed by atoms with Crippen LogP contribution in [0.1, 0.15) is 160 Å². The van der Waals surface area contributed by atoms with Crippen molar-refractivity contribution in [2.75, 3.05) is 35.5 Å². The summed E-state index contributed by atoms with van der Waals surface area (Å²) in [6.45, 7) is 44.8. The summed E-state index contributed by atoms with van der Waals surface area (Å²) in [4.78, 5) is 48.7. The van der Waals surface area contributed by atoms with Gasteiger partial charge in [0.05, 0.1) is 78.9 Å². The Balaban J connectivity index is 0.000000269. The molecule has 5 unspecified atom stereocenters. The summed E-state index contributed by atoms with van der Waals surface area (Å²) in [6.07, 6.45) is -3.32. The van der Waals surface area contributed by atoms with Crippen molar-refractivity contribution < 1.29 is 85.9 Å². The van der Waals surface area contributed by atoms with Crippen LogP contribution in [0, 0.1) is 55.6 Å². The minimum atomic E-state index is -2.22. The molecule has 20 nitrogen and oxygen atoms in total. The molecule has 6 aromatic carbocycles. The number of methoxy groups -OCH3 is 5. The predicted molar refractivity (Wildman–Crippen MR) is 403 cm³/mol. The van der Waals surface area contributed by atoms with Crippen molar-refractivity contribution in [2.45, 2.75) is 215 Å². The molecular weight excluding hydrogens is 1350 g/mol. The van der Waals surface area contributed by atoms with E-state index in [1.807, 2.05) is 132 Å². The first-order valence-corrected chi connectivity index (χ1v) is 38.9. The monoisotopic (exact) mass is 1460 g/mol. The lowest BCUT2D eigenvalue weighted by Crippen LogP contribution is -2.56. The molecule has 105 heavy (non-hydrogen) atoms. The number of benzene rings is 6. The number of rotatable bonds is 29. The summed E-state index contributed by atoms with van der Waals surface area (Å²) in [5.74, 6) is 2.20. The maximum absolute atomic E-state index is 14.1. The van der Waals surface area contributed by atoms with Crippen LogP contribution >= 0.6 is 0 Å². The van der Waals surface area contributed by atoms with E-state index in [-0.39, 0.29) is 78.3 Å². The van der Waals surface area contributed by atoms with Gasteiger partial charge in [0.2, 0.25) is 0 Å². The molecule has 0 aliphatic carbocycles. The number of fused-ring (bicyclic) bond motifs is 1. The number of aliphatic hydroxyl groups is 2. The topological polar surface area (TPSA) is 220 Å². The number of aliphatic hydroxyl groups excluding tert-OH is 2. The van der Waals surface area contributed by atoms with Gasteiger partial charge in [0.15, 0.2) is 8.32 Å². The van der Waals surface area contributed by atoms with Crippen LogP contribution in [-0.2, 0) is 67.4 Å². The number of nitrogens with zero attached hydrogens (tertiary/aromatic N) is 2. The van der Waals surface area contributed by atoms with Gasteiger partial charge in [0, 0.05) is 55.1 Å². The molecule has 3 aliphatic heterocycles. The number of carbonyl (C=O) groups is 3. The van der Waals surface area contributed by atoms with Crippen molar-refractivity contribution in [3.63, 3.8) is 0 Å². The van der Waals surface area contributed by atoms with Crippen molar-refractivity contribution in [3.05, 3.63) is 188 Å². The Kier molecular flexibility index (Phi) is 27.8. The zero-order chi connectivity index (χ0) is 76.9. The summed E-state index contributed by atoms with van der Waals surface area (Å²) in [7, 11) is 5.51. The van der Waals surface area contributed by atoms with Crippen LogP contribution in [-0.4, -0.2) is 121 Å². The zero-order valence-electron chi connectivity index (χ0n) is 64.6. The van der Waals surface area contributed by atoms with Gasteiger partial charge in [-0.05, 0) is 136 Å². The number of ketones is 1. The molecule has 0 spiro atoms. The van der Waals surface area contributed by atoms with Crippen LogP contribution in [0.2, 0.25) is 18.1 Å². The first kappa shape index (κ1) is 82.0. The second-order valence-electron chi connectivity index (χ2n) is 30.6. The van der Waals surface area contributed by atoms with Gasteiger partial charge >= 0.3 is 24.4 Å². The maximum atomic E-state index is 14.1. The third kappa shape index (κ3) is 20.1. The fourth-order valence-electron chi connectivity index (χ4n) is 13.1. The number of Topliss-reactive ketones (excluding diaryl/α,β-unsaturated/α-hetero) is 1. The molecule has 566 valence electrons. The lowest BCUT2D eigenvalue weighted by Gasteiger charge is -2.49. The van der Waals surface area contributed by atoms with Crippen molar-refractivity contribution in [1.29, 1.82) is 0 Å². The highest BCUT2D eigenvalue weighted by atomic mass is 28.4. The Morgan fingerprint density at radius 3 is 1.50 bits per heavy atom. The van der Waals surface area contributed by atoms with E-state index in [2.05, 4.69) is 64.3 Å². The normalized spacial score (nSPS) is 20.8. The summed E-state index contributed by atoms with van der Waals surface area (Å²) in [5, 5.41) is 23.3. The molecule has 0 radical (unpaired) electrons. The van der Waals surface area contributed by atoms with Crippen LogP contribution in [0.4, 0.5) is 0 Å². The molecule has 6 aromatic rings. The summed E-state index contributed by atoms with van der Waals surface area (Å²) >= 11 is 0. The van der Waals surface area contributed by atoms with Gasteiger partial charge in [-0.2, -0.15) is 0 Å². The molecule has 21 heteroatoms.